The van der Waals surface area contributed by atoms with Crippen LogP contribution in [0.5, 0.6) is 0 Å². The lowest BCUT2D eigenvalue weighted by Gasteiger charge is -2.56. The topological polar surface area (TPSA) is 24.9 Å². The van der Waals surface area contributed by atoms with E-state index in [0.717, 1.165) is 22.9 Å². The van der Waals surface area contributed by atoms with Crippen LogP contribution in [0.15, 0.2) is 35.7 Å². The van der Waals surface area contributed by atoms with Crippen molar-refractivity contribution in [2.24, 2.45) is 17.8 Å². The molecule has 2 nitrogen and oxygen atoms in total. The van der Waals surface area contributed by atoms with Gasteiger partial charge in [0.2, 0.25) is 0 Å². The van der Waals surface area contributed by atoms with Crippen molar-refractivity contribution in [3.63, 3.8) is 0 Å². The quantitative estimate of drug-likeness (QED) is 0.764. The number of benzene rings is 1. The molecule has 0 unspecified atom stereocenters. The SMILES string of the molecule is C[C@H](Nc1nc(C23CC4CC(CC(C4)C2)C3)cs1)c1ccccc1. The van der Waals surface area contributed by atoms with Crippen molar-refractivity contribution in [1.82, 2.24) is 4.98 Å². The van der Waals surface area contributed by atoms with Crippen molar-refractivity contribution in [3.05, 3.63) is 47.0 Å². The lowest BCUT2D eigenvalue weighted by Crippen LogP contribution is -2.48. The van der Waals surface area contributed by atoms with Gasteiger partial charge >= 0.3 is 0 Å². The summed E-state index contributed by atoms with van der Waals surface area (Å²) in [5.41, 5.74) is 3.14. The van der Waals surface area contributed by atoms with E-state index in [1.54, 1.807) is 11.3 Å². The third kappa shape index (κ3) is 2.48. The highest BCUT2D eigenvalue weighted by molar-refractivity contribution is 7.13. The highest BCUT2D eigenvalue weighted by atomic mass is 32.1. The molecule has 1 heterocycles. The van der Waals surface area contributed by atoms with E-state index < -0.39 is 0 Å². The smallest absolute Gasteiger partial charge is 0.183 e. The summed E-state index contributed by atoms with van der Waals surface area (Å²) in [5, 5.41) is 7.07. The summed E-state index contributed by atoms with van der Waals surface area (Å²) in [6.07, 6.45) is 8.70. The van der Waals surface area contributed by atoms with Crippen LogP contribution in [0.1, 0.15) is 62.7 Å². The molecule has 4 fully saturated rings. The molecule has 4 bridgehead atoms. The summed E-state index contributed by atoms with van der Waals surface area (Å²) in [7, 11) is 0. The van der Waals surface area contributed by atoms with Crippen LogP contribution in [0.3, 0.4) is 0 Å². The normalized spacial score (nSPS) is 35.1. The van der Waals surface area contributed by atoms with E-state index in [9.17, 15) is 0 Å². The summed E-state index contributed by atoms with van der Waals surface area (Å²) in [6, 6.07) is 11.0. The Morgan fingerprint density at radius 2 is 1.67 bits per heavy atom. The van der Waals surface area contributed by atoms with Crippen LogP contribution in [0.25, 0.3) is 0 Å². The largest absolute Gasteiger partial charge is 0.355 e. The number of rotatable bonds is 4. The third-order valence-corrected chi connectivity index (χ3v) is 7.50. The number of hydrogen-bond acceptors (Lipinski definition) is 3. The molecule has 6 rings (SSSR count). The van der Waals surface area contributed by atoms with Crippen LogP contribution in [-0.4, -0.2) is 4.98 Å². The number of aromatic nitrogens is 1. The van der Waals surface area contributed by atoms with Crippen molar-refractivity contribution in [2.45, 2.75) is 56.9 Å². The van der Waals surface area contributed by atoms with Crippen LogP contribution in [-0.2, 0) is 5.41 Å². The summed E-state index contributed by atoms with van der Waals surface area (Å²) >= 11 is 1.80. The van der Waals surface area contributed by atoms with Crippen LogP contribution in [0.2, 0.25) is 0 Å². The Morgan fingerprint density at radius 1 is 1.04 bits per heavy atom. The average molecular weight is 339 g/mol. The molecule has 1 aromatic carbocycles. The second-order valence-electron chi connectivity index (χ2n) is 8.51. The van der Waals surface area contributed by atoms with Crippen molar-refractivity contribution in [1.29, 1.82) is 0 Å². The van der Waals surface area contributed by atoms with Crippen LogP contribution >= 0.6 is 11.3 Å². The lowest BCUT2D eigenvalue weighted by atomic mass is 9.49. The maximum atomic E-state index is 5.07. The number of anilines is 1. The minimum absolute atomic E-state index is 0.307. The van der Waals surface area contributed by atoms with E-state index in [-0.39, 0.29) is 0 Å². The maximum absolute atomic E-state index is 5.07. The van der Waals surface area contributed by atoms with Gasteiger partial charge in [0.25, 0.3) is 0 Å². The van der Waals surface area contributed by atoms with Crippen LogP contribution in [0.4, 0.5) is 5.13 Å². The predicted octanol–water partition coefficient (Wildman–Crippen LogP) is 5.78. The van der Waals surface area contributed by atoms with Gasteiger partial charge in [-0.2, -0.15) is 0 Å². The first-order chi connectivity index (χ1) is 11.7. The van der Waals surface area contributed by atoms with E-state index in [0.29, 0.717) is 11.5 Å². The summed E-state index contributed by atoms with van der Waals surface area (Å²) in [5.74, 6) is 2.95. The summed E-state index contributed by atoms with van der Waals surface area (Å²) in [6.45, 7) is 2.22. The third-order valence-electron chi connectivity index (χ3n) is 6.73. The van der Waals surface area contributed by atoms with Gasteiger partial charge in [0.15, 0.2) is 5.13 Å². The Balaban J connectivity index is 1.36. The molecule has 126 valence electrons. The molecular weight excluding hydrogens is 312 g/mol. The minimum atomic E-state index is 0.307. The molecule has 4 saturated carbocycles. The molecular formula is C21H26N2S. The molecule has 4 aliphatic rings. The lowest BCUT2D eigenvalue weighted by molar-refractivity contribution is -0.00688. The Hall–Kier alpha value is -1.35. The van der Waals surface area contributed by atoms with Gasteiger partial charge in [-0.25, -0.2) is 4.98 Å². The van der Waals surface area contributed by atoms with Gasteiger partial charge in [0.05, 0.1) is 11.7 Å². The molecule has 0 spiro atoms. The van der Waals surface area contributed by atoms with E-state index in [2.05, 4.69) is 48.0 Å². The molecule has 0 saturated heterocycles. The first-order valence-corrected chi connectivity index (χ1v) is 10.4. The second-order valence-corrected chi connectivity index (χ2v) is 9.37. The monoisotopic (exact) mass is 338 g/mol. The molecule has 1 aromatic heterocycles. The van der Waals surface area contributed by atoms with Gasteiger partial charge in [-0.1, -0.05) is 30.3 Å². The van der Waals surface area contributed by atoms with Gasteiger partial charge < -0.3 is 5.32 Å². The average Bonchev–Trinajstić information content (AvgIpc) is 3.04. The highest BCUT2D eigenvalue weighted by Gasteiger charge is 2.52. The van der Waals surface area contributed by atoms with Crippen molar-refractivity contribution in [2.75, 3.05) is 5.32 Å². The molecule has 1 N–H and O–H groups in total. The van der Waals surface area contributed by atoms with E-state index in [4.69, 9.17) is 4.98 Å². The zero-order valence-corrected chi connectivity index (χ0v) is 15.2. The maximum Gasteiger partial charge on any atom is 0.183 e. The molecule has 24 heavy (non-hydrogen) atoms. The number of nitrogens with one attached hydrogen (secondary N) is 1. The molecule has 0 aliphatic heterocycles. The predicted molar refractivity (Wildman–Crippen MR) is 100 cm³/mol. The van der Waals surface area contributed by atoms with Crippen molar-refractivity contribution >= 4 is 16.5 Å². The second kappa shape index (κ2) is 5.59. The first-order valence-electron chi connectivity index (χ1n) is 9.48. The number of thiazole rings is 1. The van der Waals surface area contributed by atoms with Gasteiger partial charge in [-0.15, -0.1) is 11.3 Å². The van der Waals surface area contributed by atoms with Gasteiger partial charge in [-0.3, -0.25) is 0 Å². The van der Waals surface area contributed by atoms with E-state index >= 15 is 0 Å². The summed E-state index contributed by atoms with van der Waals surface area (Å²) in [4.78, 5) is 5.07. The Bertz CT molecular complexity index is 685. The van der Waals surface area contributed by atoms with Gasteiger partial charge in [-0.05, 0) is 68.8 Å². The molecule has 1 atom stereocenters. The summed E-state index contributed by atoms with van der Waals surface area (Å²) < 4.78 is 0. The fourth-order valence-corrected chi connectivity index (χ4v) is 6.94. The minimum Gasteiger partial charge on any atom is -0.355 e. The van der Waals surface area contributed by atoms with Crippen LogP contribution in [0, 0.1) is 17.8 Å². The Labute approximate surface area is 148 Å². The fraction of sp³-hybridized carbons (Fsp3) is 0.571. The molecule has 0 radical (unpaired) electrons. The standard InChI is InChI=1S/C21H26N2S/c1-14(18-5-3-2-4-6-18)22-20-23-19(13-24-20)21-10-15-7-16(11-21)9-17(8-15)12-21/h2-6,13-17H,7-12H2,1H3,(H,22,23)/t14-,15?,16?,17?,21?/m0/s1. The van der Waals surface area contributed by atoms with Gasteiger partial charge in [0, 0.05) is 10.8 Å². The molecule has 2 aromatic rings. The highest BCUT2D eigenvalue weighted by Crippen LogP contribution is 2.60. The zero-order chi connectivity index (χ0) is 16.1. The van der Waals surface area contributed by atoms with Gasteiger partial charge in [0.1, 0.15) is 0 Å². The molecule has 4 aliphatic carbocycles. The van der Waals surface area contributed by atoms with Crippen molar-refractivity contribution < 1.29 is 0 Å². The molecule has 3 heteroatoms. The number of hydrogen-bond donors (Lipinski definition) is 1. The van der Waals surface area contributed by atoms with E-state index in [1.807, 2.05) is 0 Å². The Kier molecular flexibility index (Phi) is 3.48. The van der Waals surface area contributed by atoms with Crippen LogP contribution < -0.4 is 5.32 Å². The van der Waals surface area contributed by atoms with E-state index in [1.165, 1.54) is 49.8 Å². The first kappa shape index (κ1) is 14.9. The zero-order valence-electron chi connectivity index (χ0n) is 14.4. The molecule has 0 amide bonds. The Morgan fingerprint density at radius 3 is 2.29 bits per heavy atom. The fourth-order valence-electron chi connectivity index (χ4n) is 6.02. The number of nitrogens with zero attached hydrogens (tertiary/aromatic N) is 1. The van der Waals surface area contributed by atoms with Crippen molar-refractivity contribution in [3.8, 4) is 0 Å².